The van der Waals surface area contributed by atoms with Crippen molar-refractivity contribution in [3.8, 4) is 17.2 Å². The molecule has 2 amide bonds. The van der Waals surface area contributed by atoms with Crippen molar-refractivity contribution in [1.82, 2.24) is 9.47 Å². The highest BCUT2D eigenvalue weighted by Gasteiger charge is 2.36. The van der Waals surface area contributed by atoms with E-state index in [2.05, 4.69) is 4.90 Å². The summed E-state index contributed by atoms with van der Waals surface area (Å²) in [5, 5.41) is 11.9. The molecule has 0 aliphatic carbocycles. The number of amides is 2. The Morgan fingerprint density at radius 1 is 1.07 bits per heavy atom. The summed E-state index contributed by atoms with van der Waals surface area (Å²) in [6, 6.07) is 10.5. The molecule has 0 atom stereocenters. The normalized spacial score (nSPS) is 17.5. The topological polar surface area (TPSA) is 107 Å². The number of fused-ring (bicyclic) bond motifs is 1. The molecule has 0 saturated carbocycles. The van der Waals surface area contributed by atoms with Crippen molar-refractivity contribution in [2.45, 2.75) is 33.2 Å². The first kappa shape index (κ1) is 26.3. The van der Waals surface area contributed by atoms with Crippen LogP contribution in [-0.4, -0.2) is 45.4 Å². The number of nitrogens with zero attached hydrogens (tertiary/aromatic N) is 4. The van der Waals surface area contributed by atoms with Gasteiger partial charge >= 0.3 is 0 Å². The van der Waals surface area contributed by atoms with Crippen LogP contribution in [0.15, 0.2) is 41.3 Å². The highest BCUT2D eigenvalue weighted by atomic mass is 35.5. The molecule has 40 heavy (non-hydrogen) atoms. The van der Waals surface area contributed by atoms with Crippen molar-refractivity contribution in [3.63, 3.8) is 0 Å². The Hall–Kier alpha value is -3.96. The smallest absolute Gasteiger partial charge is 0.294 e. The Bertz CT molecular complexity index is 1610. The Balaban J connectivity index is 1.28. The van der Waals surface area contributed by atoms with Gasteiger partial charge in [0.1, 0.15) is 5.69 Å². The molecule has 0 radical (unpaired) electrons. The van der Waals surface area contributed by atoms with Crippen LogP contribution >= 0.6 is 23.4 Å². The minimum atomic E-state index is -0.417. The number of rotatable bonds is 6. The number of hydrogen-bond acceptors (Lipinski definition) is 8. The highest BCUT2D eigenvalue weighted by molar-refractivity contribution is 8.18. The molecular weight excluding hydrogens is 556 g/mol. The number of aromatic nitrogens is 1. The third kappa shape index (κ3) is 4.58. The lowest BCUT2D eigenvalue weighted by Crippen LogP contribution is -2.27. The van der Waals surface area contributed by atoms with Crippen LogP contribution in [0.3, 0.4) is 0 Å². The van der Waals surface area contributed by atoms with Crippen LogP contribution in [0.4, 0.5) is 16.2 Å². The first-order valence-electron chi connectivity index (χ1n) is 12.8. The number of ether oxygens (including phenoxy) is 2. The summed E-state index contributed by atoms with van der Waals surface area (Å²) in [6.45, 7) is 5.49. The molecule has 0 N–H and O–H groups in total. The number of thioether (sulfide) groups is 1. The van der Waals surface area contributed by atoms with Crippen molar-refractivity contribution >= 4 is 52.0 Å². The lowest BCUT2D eigenvalue weighted by molar-refractivity contribution is -0.384. The number of anilines is 1. The average Bonchev–Trinajstić information content (AvgIpc) is 3.71. The summed E-state index contributed by atoms with van der Waals surface area (Å²) in [6.07, 6.45) is 3.73. The molecule has 0 spiro atoms. The molecule has 1 aromatic heterocycles. The van der Waals surface area contributed by atoms with Gasteiger partial charge in [0.25, 0.3) is 16.8 Å². The predicted octanol–water partition coefficient (Wildman–Crippen LogP) is 6.22. The maximum Gasteiger partial charge on any atom is 0.294 e. The van der Waals surface area contributed by atoms with Gasteiger partial charge in [-0.15, -0.1) is 0 Å². The maximum atomic E-state index is 13.3. The molecule has 3 aliphatic heterocycles. The van der Waals surface area contributed by atoms with Crippen molar-refractivity contribution in [3.05, 3.63) is 79.0 Å². The van der Waals surface area contributed by atoms with Crippen LogP contribution in [0.25, 0.3) is 11.8 Å². The molecule has 3 aromatic rings. The third-order valence-electron chi connectivity index (χ3n) is 7.36. The number of carbonyl (C=O) groups excluding carboxylic acids is 2. The molecule has 2 aromatic carbocycles. The quantitative estimate of drug-likeness (QED) is 0.192. The van der Waals surface area contributed by atoms with Crippen LogP contribution in [-0.2, 0) is 11.3 Å². The summed E-state index contributed by atoms with van der Waals surface area (Å²) in [7, 11) is 0. The van der Waals surface area contributed by atoms with Gasteiger partial charge in [-0.1, -0.05) is 11.6 Å². The Labute approximate surface area is 239 Å². The van der Waals surface area contributed by atoms with E-state index in [4.69, 9.17) is 21.1 Å². The zero-order chi connectivity index (χ0) is 28.1. The van der Waals surface area contributed by atoms with Crippen molar-refractivity contribution < 1.29 is 24.0 Å². The van der Waals surface area contributed by atoms with E-state index >= 15 is 0 Å². The SMILES string of the molecule is Cc1cc(/C=C2\SC(=O)N(Cc3cc4c(cc3Cl)OCO4)C2=O)c(C)n1-c1ccc(N2CCCC2)c([N+](=O)[O-])c1. The second-order valence-corrected chi connectivity index (χ2v) is 11.3. The number of imide groups is 1. The van der Waals surface area contributed by atoms with Gasteiger partial charge in [-0.25, -0.2) is 0 Å². The molecule has 10 nitrogen and oxygen atoms in total. The standard InChI is InChI=1S/C28H25ClN4O6S/c1-16-9-18(17(2)32(16)20-5-6-22(23(12-20)33(36)37)30-7-3-4-8-30)11-26-27(34)31(28(35)40-26)14-19-10-24-25(13-21(19)29)39-15-38-24/h5-6,9-13H,3-4,7-8,14-15H2,1-2H3/b26-11-. The van der Waals surface area contributed by atoms with E-state index in [1.54, 1.807) is 24.3 Å². The summed E-state index contributed by atoms with van der Waals surface area (Å²) >= 11 is 7.24. The van der Waals surface area contributed by atoms with Crippen LogP contribution in [0, 0.1) is 24.0 Å². The molecular formula is C28H25ClN4O6S. The van der Waals surface area contributed by atoms with Gasteiger partial charge in [0.05, 0.1) is 22.1 Å². The number of benzene rings is 2. The molecule has 3 aliphatic rings. The van der Waals surface area contributed by atoms with E-state index in [1.807, 2.05) is 36.6 Å². The fourth-order valence-corrected chi connectivity index (χ4v) is 6.42. The molecule has 2 fully saturated rings. The number of hydrogen-bond donors (Lipinski definition) is 0. The van der Waals surface area contributed by atoms with E-state index in [1.165, 1.54) is 0 Å². The molecule has 0 unspecified atom stereocenters. The highest BCUT2D eigenvalue weighted by Crippen LogP contribution is 2.40. The average molecular weight is 581 g/mol. The number of nitro benzene ring substituents is 1. The molecule has 206 valence electrons. The lowest BCUT2D eigenvalue weighted by Gasteiger charge is -2.19. The zero-order valence-corrected chi connectivity index (χ0v) is 23.4. The second-order valence-electron chi connectivity index (χ2n) is 9.85. The van der Waals surface area contributed by atoms with E-state index in [-0.39, 0.29) is 28.9 Å². The van der Waals surface area contributed by atoms with E-state index in [0.717, 1.165) is 59.5 Å². The Morgan fingerprint density at radius 2 is 1.80 bits per heavy atom. The van der Waals surface area contributed by atoms with Crippen molar-refractivity contribution in [1.29, 1.82) is 0 Å². The van der Waals surface area contributed by atoms with Crippen LogP contribution in [0.5, 0.6) is 11.5 Å². The van der Waals surface area contributed by atoms with E-state index < -0.39 is 11.1 Å². The van der Waals surface area contributed by atoms with Gasteiger partial charge in [0.2, 0.25) is 6.79 Å². The number of aryl methyl sites for hydroxylation is 1. The molecule has 4 heterocycles. The maximum absolute atomic E-state index is 13.3. The van der Waals surface area contributed by atoms with Crippen molar-refractivity contribution in [2.75, 3.05) is 24.8 Å². The third-order valence-corrected chi connectivity index (χ3v) is 8.62. The molecule has 2 saturated heterocycles. The van der Waals surface area contributed by atoms with Gasteiger partial charge in [-0.3, -0.25) is 24.6 Å². The lowest BCUT2D eigenvalue weighted by atomic mass is 10.1. The van der Waals surface area contributed by atoms with E-state index in [9.17, 15) is 19.7 Å². The minimum Gasteiger partial charge on any atom is -0.454 e. The summed E-state index contributed by atoms with van der Waals surface area (Å²) in [4.78, 5) is 41.2. The second kappa shape index (κ2) is 10.2. The first-order chi connectivity index (χ1) is 19.2. The molecule has 0 bridgehead atoms. The first-order valence-corrected chi connectivity index (χ1v) is 14.0. The summed E-state index contributed by atoms with van der Waals surface area (Å²) in [5.74, 6) is 0.622. The number of halogens is 1. The Morgan fingerprint density at radius 3 is 2.52 bits per heavy atom. The van der Waals surface area contributed by atoms with Gasteiger partial charge in [0.15, 0.2) is 11.5 Å². The van der Waals surface area contributed by atoms with Crippen LogP contribution < -0.4 is 14.4 Å². The van der Waals surface area contributed by atoms with E-state index in [0.29, 0.717) is 33.5 Å². The van der Waals surface area contributed by atoms with Gasteiger partial charge in [0, 0.05) is 41.6 Å². The minimum absolute atomic E-state index is 0.00351. The number of nitro groups is 1. The van der Waals surface area contributed by atoms with Gasteiger partial charge < -0.3 is 18.9 Å². The molecule has 6 rings (SSSR count). The Kier molecular flexibility index (Phi) is 6.71. The fraction of sp³-hybridized carbons (Fsp3) is 0.286. The predicted molar refractivity (Wildman–Crippen MR) is 152 cm³/mol. The summed E-state index contributed by atoms with van der Waals surface area (Å²) < 4.78 is 12.6. The van der Waals surface area contributed by atoms with Gasteiger partial charge in [-0.2, -0.15) is 0 Å². The van der Waals surface area contributed by atoms with Crippen molar-refractivity contribution in [2.24, 2.45) is 0 Å². The fourth-order valence-electron chi connectivity index (χ4n) is 5.38. The largest absolute Gasteiger partial charge is 0.454 e. The van der Waals surface area contributed by atoms with Crippen LogP contribution in [0.1, 0.15) is 35.4 Å². The zero-order valence-electron chi connectivity index (χ0n) is 21.8. The number of carbonyl (C=O) groups is 2. The summed E-state index contributed by atoms with van der Waals surface area (Å²) in [5.41, 5.74) is 4.32. The monoisotopic (exact) mass is 580 g/mol. The molecule has 12 heteroatoms. The van der Waals surface area contributed by atoms with Crippen LogP contribution in [0.2, 0.25) is 5.02 Å². The van der Waals surface area contributed by atoms with Gasteiger partial charge in [-0.05, 0) is 79.9 Å².